The molecule has 1 amide bonds. The van der Waals surface area contributed by atoms with Gasteiger partial charge in [-0.2, -0.15) is 0 Å². The second kappa shape index (κ2) is 11.1. The van der Waals surface area contributed by atoms with Crippen molar-refractivity contribution < 1.29 is 14.6 Å². The zero-order valence-electron chi connectivity index (χ0n) is 18.0. The fourth-order valence-electron chi connectivity index (χ4n) is 3.80. The number of amides is 1. The topological polar surface area (TPSA) is 65.9 Å². The number of carbonyl (C=O) groups excluding carboxylic acids is 1. The van der Waals surface area contributed by atoms with Gasteiger partial charge in [0.25, 0.3) is 5.91 Å². The standard InChI is InChI=1S/C25H25BrClN3O3/c26-20-5-8-24(33-17-18-3-6-21(27)7-4-18)22(14-20)23(31)16-29-10-12-30(13-11-29)25(32)19-2-1-9-28-15-19/h1-9,14-15,23,31H,10-13,16-17H2. The molecule has 4 rings (SSSR count). The minimum Gasteiger partial charge on any atom is -0.489 e. The maximum absolute atomic E-state index is 12.6. The smallest absolute Gasteiger partial charge is 0.255 e. The lowest BCUT2D eigenvalue weighted by Gasteiger charge is -2.35. The Morgan fingerprint density at radius 1 is 1.12 bits per heavy atom. The number of rotatable bonds is 7. The van der Waals surface area contributed by atoms with Gasteiger partial charge in [-0.15, -0.1) is 0 Å². The number of pyridine rings is 1. The zero-order chi connectivity index (χ0) is 23.2. The van der Waals surface area contributed by atoms with Gasteiger partial charge in [-0.25, -0.2) is 0 Å². The van der Waals surface area contributed by atoms with Gasteiger partial charge in [0.05, 0.1) is 11.7 Å². The summed E-state index contributed by atoms with van der Waals surface area (Å²) in [5.41, 5.74) is 2.33. The second-order valence-corrected chi connectivity index (χ2v) is 9.30. The van der Waals surface area contributed by atoms with Crippen LogP contribution in [0.1, 0.15) is 27.6 Å². The third kappa shape index (κ3) is 6.32. The zero-order valence-corrected chi connectivity index (χ0v) is 20.4. The maximum Gasteiger partial charge on any atom is 0.255 e. The van der Waals surface area contributed by atoms with Crippen molar-refractivity contribution in [3.8, 4) is 5.75 Å². The van der Waals surface area contributed by atoms with E-state index in [-0.39, 0.29) is 5.91 Å². The van der Waals surface area contributed by atoms with Gasteiger partial charge < -0.3 is 14.7 Å². The predicted octanol–water partition coefficient (Wildman–Crippen LogP) is 4.57. The van der Waals surface area contributed by atoms with Gasteiger partial charge in [-0.05, 0) is 48.0 Å². The van der Waals surface area contributed by atoms with E-state index in [0.29, 0.717) is 55.7 Å². The van der Waals surface area contributed by atoms with Crippen molar-refractivity contribution >= 4 is 33.4 Å². The lowest BCUT2D eigenvalue weighted by Crippen LogP contribution is -2.49. The molecular weight excluding hydrogens is 506 g/mol. The Labute approximate surface area is 206 Å². The summed E-state index contributed by atoms with van der Waals surface area (Å²) in [7, 11) is 0. The number of piperazine rings is 1. The van der Waals surface area contributed by atoms with E-state index in [4.69, 9.17) is 16.3 Å². The number of aliphatic hydroxyl groups excluding tert-OH is 1. The SMILES string of the molecule is O=C(c1cccnc1)N1CCN(CC(O)c2cc(Br)ccc2OCc2ccc(Cl)cc2)CC1. The molecule has 0 radical (unpaired) electrons. The van der Waals surface area contributed by atoms with Crippen LogP contribution in [0.25, 0.3) is 0 Å². The normalized spacial score (nSPS) is 15.3. The van der Waals surface area contributed by atoms with Crippen molar-refractivity contribution in [2.75, 3.05) is 32.7 Å². The molecule has 1 aliphatic rings. The first-order chi connectivity index (χ1) is 16.0. The van der Waals surface area contributed by atoms with E-state index >= 15 is 0 Å². The van der Waals surface area contributed by atoms with E-state index in [9.17, 15) is 9.90 Å². The van der Waals surface area contributed by atoms with Crippen molar-refractivity contribution in [2.45, 2.75) is 12.7 Å². The van der Waals surface area contributed by atoms with E-state index in [1.807, 2.05) is 47.4 Å². The van der Waals surface area contributed by atoms with Crippen LogP contribution in [-0.4, -0.2) is 58.5 Å². The molecule has 3 aromatic rings. The van der Waals surface area contributed by atoms with Gasteiger partial charge in [-0.3, -0.25) is 14.7 Å². The van der Waals surface area contributed by atoms with Crippen LogP contribution >= 0.6 is 27.5 Å². The summed E-state index contributed by atoms with van der Waals surface area (Å²) < 4.78 is 6.90. The van der Waals surface area contributed by atoms with Gasteiger partial charge in [0.2, 0.25) is 0 Å². The Balaban J connectivity index is 1.35. The van der Waals surface area contributed by atoms with E-state index in [2.05, 4.69) is 25.8 Å². The molecule has 1 saturated heterocycles. The Morgan fingerprint density at radius 2 is 1.88 bits per heavy atom. The van der Waals surface area contributed by atoms with E-state index in [1.165, 1.54) is 0 Å². The quantitative estimate of drug-likeness (QED) is 0.485. The van der Waals surface area contributed by atoms with Gasteiger partial charge >= 0.3 is 0 Å². The lowest BCUT2D eigenvalue weighted by molar-refractivity contribution is 0.0522. The first kappa shape index (κ1) is 23.7. The summed E-state index contributed by atoms with van der Waals surface area (Å²) in [5.74, 6) is 0.638. The molecule has 0 spiro atoms. The number of aliphatic hydroxyl groups is 1. The molecule has 2 aromatic carbocycles. The number of benzene rings is 2. The van der Waals surface area contributed by atoms with Crippen molar-refractivity contribution in [3.63, 3.8) is 0 Å². The summed E-state index contributed by atoms with van der Waals surface area (Å²) in [6.07, 6.45) is 2.53. The van der Waals surface area contributed by atoms with Gasteiger partial charge in [0.15, 0.2) is 0 Å². The highest BCUT2D eigenvalue weighted by molar-refractivity contribution is 9.10. The number of ether oxygens (including phenoxy) is 1. The highest BCUT2D eigenvalue weighted by Crippen LogP contribution is 2.30. The van der Waals surface area contributed by atoms with Crippen molar-refractivity contribution in [1.29, 1.82) is 0 Å². The van der Waals surface area contributed by atoms with E-state index in [0.717, 1.165) is 15.6 Å². The van der Waals surface area contributed by atoms with Crippen LogP contribution in [0.2, 0.25) is 5.02 Å². The van der Waals surface area contributed by atoms with E-state index in [1.54, 1.807) is 24.5 Å². The molecule has 0 bridgehead atoms. The first-order valence-corrected chi connectivity index (χ1v) is 11.9. The van der Waals surface area contributed by atoms with Crippen LogP contribution in [0.4, 0.5) is 0 Å². The molecule has 6 nitrogen and oxygen atoms in total. The Kier molecular flexibility index (Phi) is 7.98. The van der Waals surface area contributed by atoms with Crippen molar-refractivity contribution in [2.24, 2.45) is 0 Å². The number of aromatic nitrogens is 1. The third-order valence-corrected chi connectivity index (χ3v) is 6.38. The average molecular weight is 531 g/mol. The Hall–Kier alpha value is -2.45. The molecule has 0 saturated carbocycles. The van der Waals surface area contributed by atoms with E-state index < -0.39 is 6.10 Å². The van der Waals surface area contributed by atoms with Crippen LogP contribution < -0.4 is 4.74 Å². The summed E-state index contributed by atoms with van der Waals surface area (Å²) in [5, 5.41) is 11.7. The molecule has 1 aliphatic heterocycles. The van der Waals surface area contributed by atoms with Crippen LogP contribution in [0.15, 0.2) is 71.5 Å². The molecular formula is C25H25BrClN3O3. The van der Waals surface area contributed by atoms with Crippen LogP contribution in [0.3, 0.4) is 0 Å². The monoisotopic (exact) mass is 529 g/mol. The summed E-state index contributed by atoms with van der Waals surface area (Å²) in [6.45, 7) is 3.45. The summed E-state index contributed by atoms with van der Waals surface area (Å²) >= 11 is 9.45. The molecule has 1 N–H and O–H groups in total. The van der Waals surface area contributed by atoms with Crippen LogP contribution in [0, 0.1) is 0 Å². The molecule has 2 heterocycles. The van der Waals surface area contributed by atoms with Crippen LogP contribution in [-0.2, 0) is 6.61 Å². The molecule has 33 heavy (non-hydrogen) atoms. The number of halogens is 2. The minimum absolute atomic E-state index is 0.00632. The summed E-state index contributed by atoms with van der Waals surface area (Å²) in [6, 6.07) is 16.7. The fraction of sp³-hybridized carbons (Fsp3) is 0.280. The number of nitrogens with zero attached hydrogens (tertiary/aromatic N) is 3. The van der Waals surface area contributed by atoms with Crippen molar-refractivity contribution in [3.05, 3.63) is 93.2 Å². The fourth-order valence-corrected chi connectivity index (χ4v) is 4.31. The van der Waals surface area contributed by atoms with Gasteiger partial charge in [-0.1, -0.05) is 39.7 Å². The Morgan fingerprint density at radius 3 is 2.58 bits per heavy atom. The highest BCUT2D eigenvalue weighted by Gasteiger charge is 2.25. The van der Waals surface area contributed by atoms with Gasteiger partial charge in [0, 0.05) is 60.2 Å². The number of hydrogen-bond donors (Lipinski definition) is 1. The lowest BCUT2D eigenvalue weighted by atomic mass is 10.1. The molecule has 1 unspecified atom stereocenters. The average Bonchev–Trinajstić information content (AvgIpc) is 2.85. The maximum atomic E-state index is 12.6. The number of carbonyl (C=O) groups is 1. The van der Waals surface area contributed by atoms with Crippen LogP contribution in [0.5, 0.6) is 5.75 Å². The third-order valence-electron chi connectivity index (χ3n) is 5.64. The summed E-state index contributed by atoms with van der Waals surface area (Å²) in [4.78, 5) is 20.7. The largest absolute Gasteiger partial charge is 0.489 e. The Bertz CT molecular complexity index is 1070. The second-order valence-electron chi connectivity index (χ2n) is 7.95. The molecule has 1 atom stereocenters. The first-order valence-electron chi connectivity index (χ1n) is 10.8. The molecule has 1 fully saturated rings. The molecule has 8 heteroatoms. The molecule has 1 aromatic heterocycles. The minimum atomic E-state index is -0.719. The predicted molar refractivity (Wildman–Crippen MR) is 131 cm³/mol. The number of β-amino-alcohol motifs (C(OH)–C–C–N with tert-alkyl or cyclic N) is 1. The molecule has 0 aliphatic carbocycles. The molecule has 172 valence electrons. The highest BCUT2D eigenvalue weighted by atomic mass is 79.9. The van der Waals surface area contributed by atoms with Crippen molar-refractivity contribution in [1.82, 2.24) is 14.8 Å². The van der Waals surface area contributed by atoms with Gasteiger partial charge in [0.1, 0.15) is 12.4 Å². The number of hydrogen-bond acceptors (Lipinski definition) is 5.